The van der Waals surface area contributed by atoms with E-state index in [1.165, 1.54) is 7.11 Å². The number of anilines is 1. The highest BCUT2D eigenvalue weighted by Crippen LogP contribution is 2.26. The number of methoxy groups -OCH3 is 1. The molecule has 8 nitrogen and oxygen atoms in total. The largest absolute Gasteiger partial charge is 0.465 e. The van der Waals surface area contributed by atoms with Gasteiger partial charge in [0.15, 0.2) is 0 Å². The van der Waals surface area contributed by atoms with E-state index < -0.39 is 5.97 Å². The maximum absolute atomic E-state index is 12.5. The second-order valence-corrected chi connectivity index (χ2v) is 7.22. The molecule has 0 fully saturated rings. The van der Waals surface area contributed by atoms with Crippen molar-refractivity contribution in [3.8, 4) is 11.5 Å². The summed E-state index contributed by atoms with van der Waals surface area (Å²) in [6, 6.07) is 13.7. The Balaban J connectivity index is 1.61. The van der Waals surface area contributed by atoms with Crippen LogP contribution in [0.15, 0.2) is 52.9 Å². The molecule has 0 radical (unpaired) electrons. The molecule has 0 aliphatic heterocycles. The predicted molar refractivity (Wildman–Crippen MR) is 117 cm³/mol. The third-order valence-electron chi connectivity index (χ3n) is 4.43. The van der Waals surface area contributed by atoms with Gasteiger partial charge < -0.3 is 14.5 Å². The molecule has 1 aromatic heterocycles. The molecule has 162 valence electrons. The zero-order valence-electron chi connectivity index (χ0n) is 17.3. The molecule has 2 aromatic carbocycles. The summed E-state index contributed by atoms with van der Waals surface area (Å²) in [7, 11) is 1.32. The Morgan fingerprint density at radius 2 is 1.87 bits per heavy atom. The highest BCUT2D eigenvalue weighted by atomic mass is 35.5. The van der Waals surface area contributed by atoms with Crippen LogP contribution in [0.3, 0.4) is 0 Å². The molecule has 3 rings (SSSR count). The molecule has 0 aliphatic rings. The number of hydrogen-bond donors (Lipinski definition) is 1. The minimum atomic E-state index is -0.428. The van der Waals surface area contributed by atoms with Crippen molar-refractivity contribution in [2.24, 2.45) is 0 Å². The lowest BCUT2D eigenvalue weighted by Gasteiger charge is -2.19. The average Bonchev–Trinajstić information content (AvgIpc) is 3.22. The fraction of sp³-hybridized carbons (Fsp3) is 0.273. The first-order valence-corrected chi connectivity index (χ1v) is 10.2. The smallest absolute Gasteiger partial charge is 0.337 e. The lowest BCUT2D eigenvalue weighted by atomic mass is 10.2. The minimum absolute atomic E-state index is 0.149. The monoisotopic (exact) mass is 442 g/mol. The van der Waals surface area contributed by atoms with Gasteiger partial charge in [-0.3, -0.25) is 9.69 Å². The Kier molecular flexibility index (Phi) is 7.75. The lowest BCUT2D eigenvalue weighted by Crippen LogP contribution is -2.33. The number of carbonyl (C=O) groups excluding carboxylic acids is 2. The predicted octanol–water partition coefficient (Wildman–Crippen LogP) is 4.03. The van der Waals surface area contributed by atoms with Gasteiger partial charge in [0.25, 0.3) is 0 Å². The van der Waals surface area contributed by atoms with Crippen molar-refractivity contribution >= 4 is 29.2 Å². The number of aromatic nitrogens is 2. The minimum Gasteiger partial charge on any atom is -0.465 e. The van der Waals surface area contributed by atoms with Crippen molar-refractivity contribution in [3.63, 3.8) is 0 Å². The first kappa shape index (κ1) is 22.5. The number of benzene rings is 2. The van der Waals surface area contributed by atoms with Gasteiger partial charge in [0, 0.05) is 5.69 Å². The van der Waals surface area contributed by atoms with Crippen molar-refractivity contribution < 1.29 is 18.7 Å². The van der Waals surface area contributed by atoms with Gasteiger partial charge in [0.05, 0.1) is 36.3 Å². The molecule has 31 heavy (non-hydrogen) atoms. The van der Waals surface area contributed by atoms with Crippen LogP contribution in [0.4, 0.5) is 5.69 Å². The van der Waals surface area contributed by atoms with Crippen molar-refractivity contribution in [2.45, 2.75) is 19.9 Å². The van der Waals surface area contributed by atoms with Crippen LogP contribution in [0.2, 0.25) is 5.02 Å². The maximum Gasteiger partial charge on any atom is 0.337 e. The van der Waals surface area contributed by atoms with Crippen LogP contribution in [-0.4, -0.2) is 47.2 Å². The van der Waals surface area contributed by atoms with Crippen molar-refractivity contribution in [1.82, 2.24) is 15.1 Å². The summed E-state index contributed by atoms with van der Waals surface area (Å²) in [6.07, 6.45) is 0.854. The Bertz CT molecular complexity index is 1040. The number of halogens is 1. The number of nitrogens with one attached hydrogen (secondary N) is 1. The van der Waals surface area contributed by atoms with E-state index in [1.807, 2.05) is 30.0 Å². The summed E-state index contributed by atoms with van der Waals surface area (Å²) < 4.78 is 10.4. The number of esters is 1. The number of rotatable bonds is 9. The fourth-order valence-corrected chi connectivity index (χ4v) is 3.21. The van der Waals surface area contributed by atoms with E-state index in [-0.39, 0.29) is 12.5 Å². The first-order chi connectivity index (χ1) is 15.0. The van der Waals surface area contributed by atoms with Crippen LogP contribution in [0.25, 0.3) is 11.5 Å². The third-order valence-corrected chi connectivity index (χ3v) is 4.76. The standard InChI is InChI=1S/C22H23ClN4O4/c1-3-12-27(13-19(28)24-16-10-8-15(9-11-16)22(29)30-2)14-20-25-26-21(31-20)17-6-4-5-7-18(17)23/h4-11H,3,12-14H2,1-2H3,(H,24,28). The molecule has 0 aliphatic carbocycles. The Labute approximate surface area is 185 Å². The van der Waals surface area contributed by atoms with Gasteiger partial charge in [-0.25, -0.2) is 4.79 Å². The van der Waals surface area contributed by atoms with E-state index >= 15 is 0 Å². The van der Waals surface area contributed by atoms with Crippen molar-refractivity contribution in [1.29, 1.82) is 0 Å². The van der Waals surface area contributed by atoms with E-state index in [4.69, 9.17) is 16.0 Å². The van der Waals surface area contributed by atoms with E-state index in [9.17, 15) is 9.59 Å². The van der Waals surface area contributed by atoms with Crippen LogP contribution in [0.5, 0.6) is 0 Å². The number of hydrogen-bond acceptors (Lipinski definition) is 7. The molecule has 0 saturated carbocycles. The molecular formula is C22H23ClN4O4. The number of amides is 1. The summed E-state index contributed by atoms with van der Waals surface area (Å²) in [6.45, 7) is 3.19. The van der Waals surface area contributed by atoms with Gasteiger partial charge in [-0.05, 0) is 49.4 Å². The molecule has 1 N–H and O–H groups in total. The summed E-state index contributed by atoms with van der Waals surface area (Å²) in [4.78, 5) is 25.9. The zero-order valence-corrected chi connectivity index (χ0v) is 18.1. The molecule has 0 atom stereocenters. The van der Waals surface area contributed by atoms with E-state index in [2.05, 4.69) is 20.3 Å². The van der Waals surface area contributed by atoms with E-state index in [1.54, 1.807) is 30.3 Å². The molecule has 0 unspecified atom stereocenters. The average molecular weight is 443 g/mol. The molecule has 0 spiro atoms. The third kappa shape index (κ3) is 6.13. The normalized spacial score (nSPS) is 10.8. The van der Waals surface area contributed by atoms with Gasteiger partial charge in [-0.2, -0.15) is 0 Å². The van der Waals surface area contributed by atoms with Crippen LogP contribution < -0.4 is 5.32 Å². The van der Waals surface area contributed by atoms with Crippen molar-refractivity contribution in [2.75, 3.05) is 25.5 Å². The quantitative estimate of drug-likeness (QED) is 0.499. The Morgan fingerprint density at radius 1 is 1.13 bits per heavy atom. The van der Waals surface area contributed by atoms with Crippen LogP contribution >= 0.6 is 11.6 Å². The van der Waals surface area contributed by atoms with Gasteiger partial charge in [-0.15, -0.1) is 10.2 Å². The molecular weight excluding hydrogens is 420 g/mol. The molecule has 3 aromatic rings. The Hall–Kier alpha value is -3.23. The van der Waals surface area contributed by atoms with Gasteiger partial charge >= 0.3 is 5.97 Å². The van der Waals surface area contributed by atoms with Gasteiger partial charge in [0.2, 0.25) is 17.7 Å². The molecule has 9 heteroatoms. The highest BCUT2D eigenvalue weighted by molar-refractivity contribution is 6.33. The first-order valence-electron chi connectivity index (χ1n) is 9.78. The van der Waals surface area contributed by atoms with Gasteiger partial charge in [-0.1, -0.05) is 30.7 Å². The maximum atomic E-state index is 12.5. The van der Waals surface area contributed by atoms with E-state index in [0.29, 0.717) is 46.7 Å². The molecule has 0 bridgehead atoms. The number of nitrogens with zero attached hydrogens (tertiary/aromatic N) is 3. The van der Waals surface area contributed by atoms with E-state index in [0.717, 1.165) is 6.42 Å². The lowest BCUT2D eigenvalue weighted by molar-refractivity contribution is -0.117. The zero-order chi connectivity index (χ0) is 22.2. The highest BCUT2D eigenvalue weighted by Gasteiger charge is 2.17. The topological polar surface area (TPSA) is 97.6 Å². The van der Waals surface area contributed by atoms with Crippen molar-refractivity contribution in [3.05, 3.63) is 65.0 Å². The van der Waals surface area contributed by atoms with Crippen LogP contribution in [0, 0.1) is 0 Å². The number of ether oxygens (including phenoxy) is 1. The summed E-state index contributed by atoms with van der Waals surface area (Å²) in [5.74, 6) is 0.124. The molecule has 1 heterocycles. The van der Waals surface area contributed by atoms with Crippen LogP contribution in [0.1, 0.15) is 29.6 Å². The Morgan fingerprint density at radius 3 is 2.55 bits per heavy atom. The summed E-state index contributed by atoms with van der Waals surface area (Å²) in [5.41, 5.74) is 1.67. The molecule has 0 saturated heterocycles. The fourth-order valence-electron chi connectivity index (χ4n) is 2.99. The van der Waals surface area contributed by atoms with Crippen LogP contribution in [-0.2, 0) is 16.1 Å². The van der Waals surface area contributed by atoms with Gasteiger partial charge in [0.1, 0.15) is 0 Å². The summed E-state index contributed by atoms with van der Waals surface area (Å²) in [5, 5.41) is 11.5. The second-order valence-electron chi connectivity index (χ2n) is 6.81. The number of carbonyl (C=O) groups is 2. The molecule has 1 amide bonds. The SMILES string of the molecule is CCCN(CC(=O)Nc1ccc(C(=O)OC)cc1)Cc1nnc(-c2ccccc2Cl)o1. The second kappa shape index (κ2) is 10.7. The summed E-state index contributed by atoms with van der Waals surface area (Å²) >= 11 is 6.19.